The molecule has 1 aromatic heterocycles. The number of rotatable bonds is 8. The highest BCUT2D eigenvalue weighted by Crippen LogP contribution is 2.27. The summed E-state index contributed by atoms with van der Waals surface area (Å²) in [7, 11) is 3.22. The largest absolute Gasteiger partial charge is 0.493 e. The van der Waals surface area contributed by atoms with E-state index in [-0.39, 0.29) is 5.91 Å². The van der Waals surface area contributed by atoms with Gasteiger partial charge in [0.05, 0.1) is 14.2 Å². The number of anilines is 2. The summed E-state index contributed by atoms with van der Waals surface area (Å²) in [6.07, 6.45) is 2.13. The van der Waals surface area contributed by atoms with Gasteiger partial charge in [-0.25, -0.2) is 9.97 Å². The molecule has 0 radical (unpaired) electrons. The zero-order chi connectivity index (χ0) is 19.8. The van der Waals surface area contributed by atoms with E-state index in [0.717, 1.165) is 12.0 Å². The van der Waals surface area contributed by atoms with Gasteiger partial charge in [0.25, 0.3) is 5.91 Å². The minimum atomic E-state index is -0.281. The summed E-state index contributed by atoms with van der Waals surface area (Å²) >= 11 is 0. The summed E-state index contributed by atoms with van der Waals surface area (Å²) in [6, 6.07) is 16.7. The van der Waals surface area contributed by atoms with Crippen LogP contribution in [-0.2, 0) is 6.42 Å². The van der Waals surface area contributed by atoms with E-state index < -0.39 is 0 Å². The van der Waals surface area contributed by atoms with Crippen LogP contribution in [0.15, 0.2) is 60.9 Å². The monoisotopic (exact) mass is 378 g/mol. The Hall–Kier alpha value is -3.61. The van der Waals surface area contributed by atoms with Gasteiger partial charge in [-0.2, -0.15) is 0 Å². The van der Waals surface area contributed by atoms with E-state index in [2.05, 4.69) is 20.6 Å². The molecule has 1 heterocycles. The number of amides is 1. The minimum absolute atomic E-state index is 0.281. The summed E-state index contributed by atoms with van der Waals surface area (Å²) in [4.78, 5) is 20.6. The van der Waals surface area contributed by atoms with E-state index in [0.29, 0.717) is 35.2 Å². The molecule has 0 unspecified atom stereocenters. The SMILES string of the molecule is COc1ccc(CCNc2cc(C(=O)Nc3ccccc3)ncn2)cc1OC. The molecule has 0 bridgehead atoms. The average molecular weight is 378 g/mol. The Morgan fingerprint density at radius 2 is 1.75 bits per heavy atom. The third-order valence-corrected chi connectivity index (χ3v) is 4.10. The van der Waals surface area contributed by atoms with E-state index in [1.54, 1.807) is 20.3 Å². The smallest absolute Gasteiger partial charge is 0.274 e. The third-order valence-electron chi connectivity index (χ3n) is 4.10. The van der Waals surface area contributed by atoms with E-state index in [9.17, 15) is 4.79 Å². The zero-order valence-corrected chi connectivity index (χ0v) is 15.8. The molecule has 0 atom stereocenters. The third kappa shape index (κ3) is 4.97. The van der Waals surface area contributed by atoms with Crippen LogP contribution in [-0.4, -0.2) is 36.6 Å². The summed E-state index contributed by atoms with van der Waals surface area (Å²) in [5.41, 5.74) is 2.11. The van der Waals surface area contributed by atoms with Crippen LogP contribution < -0.4 is 20.1 Å². The quantitative estimate of drug-likeness (QED) is 0.625. The van der Waals surface area contributed by atoms with Crippen molar-refractivity contribution < 1.29 is 14.3 Å². The van der Waals surface area contributed by atoms with Gasteiger partial charge in [0.1, 0.15) is 17.8 Å². The average Bonchev–Trinajstić information content (AvgIpc) is 2.74. The molecule has 0 saturated carbocycles. The number of aromatic nitrogens is 2. The zero-order valence-electron chi connectivity index (χ0n) is 15.8. The predicted octanol–water partition coefficient (Wildman–Crippen LogP) is 3.40. The lowest BCUT2D eigenvalue weighted by atomic mass is 10.1. The molecule has 2 N–H and O–H groups in total. The second-order valence-electron chi connectivity index (χ2n) is 5.97. The van der Waals surface area contributed by atoms with Crippen molar-refractivity contribution in [3.8, 4) is 11.5 Å². The fourth-order valence-electron chi connectivity index (χ4n) is 2.67. The van der Waals surface area contributed by atoms with Gasteiger partial charge in [-0.3, -0.25) is 4.79 Å². The molecule has 0 saturated heterocycles. The number of carbonyl (C=O) groups is 1. The second kappa shape index (κ2) is 9.36. The first-order valence-corrected chi connectivity index (χ1v) is 8.83. The van der Waals surface area contributed by atoms with Gasteiger partial charge >= 0.3 is 0 Å². The molecule has 0 aliphatic rings. The van der Waals surface area contributed by atoms with Crippen molar-refractivity contribution in [2.45, 2.75) is 6.42 Å². The summed E-state index contributed by atoms with van der Waals surface area (Å²) in [6.45, 7) is 0.645. The fourth-order valence-corrected chi connectivity index (χ4v) is 2.67. The van der Waals surface area contributed by atoms with Crippen molar-refractivity contribution in [3.63, 3.8) is 0 Å². The molecule has 0 aliphatic carbocycles. The van der Waals surface area contributed by atoms with Gasteiger partial charge in [0.15, 0.2) is 11.5 Å². The number of benzene rings is 2. The van der Waals surface area contributed by atoms with Gasteiger partial charge in [-0.1, -0.05) is 24.3 Å². The van der Waals surface area contributed by atoms with Gasteiger partial charge in [-0.15, -0.1) is 0 Å². The van der Waals surface area contributed by atoms with Crippen LogP contribution in [0.3, 0.4) is 0 Å². The number of hydrogen-bond donors (Lipinski definition) is 2. The first-order chi connectivity index (χ1) is 13.7. The number of carbonyl (C=O) groups excluding carboxylic acids is 1. The van der Waals surface area contributed by atoms with Crippen molar-refractivity contribution in [1.82, 2.24) is 9.97 Å². The highest BCUT2D eigenvalue weighted by Gasteiger charge is 2.09. The van der Waals surface area contributed by atoms with Gasteiger partial charge in [0, 0.05) is 18.3 Å². The maximum atomic E-state index is 12.3. The van der Waals surface area contributed by atoms with Crippen LogP contribution in [0.25, 0.3) is 0 Å². The minimum Gasteiger partial charge on any atom is -0.493 e. The molecule has 3 aromatic rings. The van der Waals surface area contributed by atoms with E-state index in [4.69, 9.17) is 9.47 Å². The number of nitrogens with one attached hydrogen (secondary N) is 2. The molecule has 3 rings (SSSR count). The summed E-state index contributed by atoms with van der Waals surface area (Å²) in [5.74, 6) is 1.70. The van der Waals surface area contributed by atoms with Crippen molar-refractivity contribution in [2.75, 3.05) is 31.4 Å². The highest BCUT2D eigenvalue weighted by atomic mass is 16.5. The normalized spacial score (nSPS) is 10.2. The number of methoxy groups -OCH3 is 2. The van der Waals surface area contributed by atoms with Crippen LogP contribution in [0.1, 0.15) is 16.1 Å². The molecular weight excluding hydrogens is 356 g/mol. The van der Waals surface area contributed by atoms with Crippen LogP contribution in [0.4, 0.5) is 11.5 Å². The molecule has 0 fully saturated rings. The number of para-hydroxylation sites is 1. The Bertz CT molecular complexity index is 932. The Morgan fingerprint density at radius 1 is 0.964 bits per heavy atom. The maximum absolute atomic E-state index is 12.3. The van der Waals surface area contributed by atoms with Crippen LogP contribution in [0.2, 0.25) is 0 Å². The molecule has 0 aliphatic heterocycles. The number of ether oxygens (including phenoxy) is 2. The molecule has 0 spiro atoms. The lowest BCUT2D eigenvalue weighted by molar-refractivity contribution is 0.102. The molecule has 2 aromatic carbocycles. The molecule has 7 heteroatoms. The van der Waals surface area contributed by atoms with Gasteiger partial charge in [-0.05, 0) is 36.2 Å². The maximum Gasteiger partial charge on any atom is 0.274 e. The summed E-state index contributed by atoms with van der Waals surface area (Å²) in [5, 5.41) is 6.02. The Labute approximate surface area is 163 Å². The lowest BCUT2D eigenvalue weighted by Crippen LogP contribution is -2.15. The predicted molar refractivity (Wildman–Crippen MR) is 108 cm³/mol. The van der Waals surface area contributed by atoms with E-state index >= 15 is 0 Å². The topological polar surface area (TPSA) is 85.4 Å². The Balaban J connectivity index is 1.58. The molecule has 1 amide bonds. The Morgan fingerprint density at radius 3 is 2.50 bits per heavy atom. The lowest BCUT2D eigenvalue weighted by Gasteiger charge is -2.10. The molecule has 7 nitrogen and oxygen atoms in total. The number of nitrogens with zero attached hydrogens (tertiary/aromatic N) is 2. The first kappa shape index (κ1) is 19.2. The van der Waals surface area contributed by atoms with Crippen molar-refractivity contribution >= 4 is 17.4 Å². The fraction of sp³-hybridized carbons (Fsp3) is 0.190. The van der Waals surface area contributed by atoms with Crippen molar-refractivity contribution in [2.24, 2.45) is 0 Å². The summed E-state index contributed by atoms with van der Waals surface area (Å²) < 4.78 is 10.6. The van der Waals surface area contributed by atoms with Crippen LogP contribution in [0.5, 0.6) is 11.5 Å². The van der Waals surface area contributed by atoms with Crippen LogP contribution in [0, 0.1) is 0 Å². The van der Waals surface area contributed by atoms with Crippen molar-refractivity contribution in [3.05, 3.63) is 72.2 Å². The molecular formula is C21H22N4O3. The molecule has 144 valence electrons. The van der Waals surface area contributed by atoms with Crippen LogP contribution >= 0.6 is 0 Å². The van der Waals surface area contributed by atoms with Crippen molar-refractivity contribution in [1.29, 1.82) is 0 Å². The second-order valence-corrected chi connectivity index (χ2v) is 5.97. The standard InChI is InChI=1S/C21H22N4O3/c1-27-18-9-8-15(12-19(18)28-2)10-11-22-20-13-17(23-14-24-20)21(26)25-16-6-4-3-5-7-16/h3-9,12-14H,10-11H2,1-2H3,(H,25,26)(H,22,23,24). The van der Waals surface area contributed by atoms with E-state index in [1.807, 2.05) is 48.5 Å². The Kier molecular flexibility index (Phi) is 6.41. The van der Waals surface area contributed by atoms with E-state index in [1.165, 1.54) is 6.33 Å². The van der Waals surface area contributed by atoms with Gasteiger partial charge in [0.2, 0.25) is 0 Å². The van der Waals surface area contributed by atoms with Gasteiger partial charge < -0.3 is 20.1 Å². The first-order valence-electron chi connectivity index (χ1n) is 8.83. The number of hydrogen-bond acceptors (Lipinski definition) is 6. The molecule has 28 heavy (non-hydrogen) atoms. The highest BCUT2D eigenvalue weighted by molar-refractivity contribution is 6.03.